The van der Waals surface area contributed by atoms with Gasteiger partial charge in [-0.25, -0.2) is 0 Å². The fourth-order valence-electron chi connectivity index (χ4n) is 4.05. The van der Waals surface area contributed by atoms with Crippen molar-refractivity contribution in [1.82, 2.24) is 9.55 Å². The van der Waals surface area contributed by atoms with Crippen LogP contribution in [0.15, 0.2) is 18.2 Å². The summed E-state index contributed by atoms with van der Waals surface area (Å²) in [5.74, 6) is 1.67. The zero-order valence-electron chi connectivity index (χ0n) is 10.6. The van der Waals surface area contributed by atoms with Gasteiger partial charge in [-0.2, -0.15) is 5.26 Å². The number of imidazole rings is 1. The van der Waals surface area contributed by atoms with Crippen LogP contribution >= 0.6 is 12.2 Å². The van der Waals surface area contributed by atoms with Crippen molar-refractivity contribution in [1.29, 1.82) is 5.26 Å². The first-order chi connectivity index (χ1) is 9.26. The second kappa shape index (κ2) is 3.94. The van der Waals surface area contributed by atoms with E-state index < -0.39 is 0 Å². The monoisotopic (exact) mass is 269 g/mol. The molecule has 4 heteroatoms. The molecule has 4 rings (SSSR count). The van der Waals surface area contributed by atoms with Gasteiger partial charge in [0.05, 0.1) is 22.7 Å². The number of fused-ring (bicyclic) bond motifs is 3. The highest BCUT2D eigenvalue weighted by Gasteiger charge is 2.41. The first kappa shape index (κ1) is 11.2. The van der Waals surface area contributed by atoms with E-state index >= 15 is 0 Å². The van der Waals surface area contributed by atoms with Gasteiger partial charge >= 0.3 is 0 Å². The van der Waals surface area contributed by atoms with Crippen molar-refractivity contribution in [3.05, 3.63) is 28.5 Å². The van der Waals surface area contributed by atoms with Gasteiger partial charge in [0.1, 0.15) is 0 Å². The van der Waals surface area contributed by atoms with Gasteiger partial charge in [-0.05, 0) is 61.5 Å². The summed E-state index contributed by atoms with van der Waals surface area (Å²) in [6.07, 6.45) is 5.34. The largest absolute Gasteiger partial charge is 0.331 e. The molecule has 1 N–H and O–H groups in total. The maximum atomic E-state index is 9.07. The van der Waals surface area contributed by atoms with Gasteiger partial charge in [0.25, 0.3) is 0 Å². The topological polar surface area (TPSA) is 44.5 Å². The summed E-state index contributed by atoms with van der Waals surface area (Å²) in [6, 6.07) is 8.53. The van der Waals surface area contributed by atoms with Crippen LogP contribution in [0.5, 0.6) is 0 Å². The van der Waals surface area contributed by atoms with Gasteiger partial charge in [-0.3, -0.25) is 0 Å². The first-order valence-electron chi connectivity index (χ1n) is 6.90. The van der Waals surface area contributed by atoms with Crippen LogP contribution in [-0.2, 0) is 0 Å². The molecule has 19 heavy (non-hydrogen) atoms. The van der Waals surface area contributed by atoms with E-state index in [4.69, 9.17) is 17.5 Å². The van der Waals surface area contributed by atoms with Crippen LogP contribution in [0.1, 0.15) is 37.3 Å². The third-order valence-electron chi connectivity index (χ3n) is 4.88. The van der Waals surface area contributed by atoms with Gasteiger partial charge in [0.15, 0.2) is 4.77 Å². The van der Waals surface area contributed by atoms with Crippen LogP contribution in [0.2, 0.25) is 0 Å². The highest BCUT2D eigenvalue weighted by Crippen LogP contribution is 2.51. The van der Waals surface area contributed by atoms with Gasteiger partial charge in [-0.1, -0.05) is 6.42 Å². The Balaban J connectivity index is 1.91. The molecule has 2 aliphatic rings. The molecule has 2 fully saturated rings. The van der Waals surface area contributed by atoms with Crippen molar-refractivity contribution in [2.24, 2.45) is 11.8 Å². The van der Waals surface area contributed by atoms with Crippen LogP contribution in [0.25, 0.3) is 11.0 Å². The summed E-state index contributed by atoms with van der Waals surface area (Å²) in [4.78, 5) is 3.28. The van der Waals surface area contributed by atoms with Gasteiger partial charge in [0.2, 0.25) is 0 Å². The summed E-state index contributed by atoms with van der Waals surface area (Å²) in [7, 11) is 0. The number of aromatic amines is 1. The fourth-order valence-corrected chi connectivity index (χ4v) is 4.39. The molecular weight excluding hydrogens is 254 g/mol. The predicted molar refractivity (Wildman–Crippen MR) is 76.3 cm³/mol. The minimum atomic E-state index is 0.536. The lowest BCUT2D eigenvalue weighted by molar-refractivity contribution is 0.333. The minimum absolute atomic E-state index is 0.536. The molecule has 1 heterocycles. The Morgan fingerprint density at radius 1 is 1.32 bits per heavy atom. The quantitative estimate of drug-likeness (QED) is 0.797. The predicted octanol–water partition coefficient (Wildman–Crippen LogP) is 3.93. The molecule has 2 aromatic rings. The Bertz CT molecular complexity index is 749. The summed E-state index contributed by atoms with van der Waals surface area (Å²) >= 11 is 5.51. The summed E-state index contributed by atoms with van der Waals surface area (Å²) < 4.78 is 3.08. The summed E-state index contributed by atoms with van der Waals surface area (Å²) in [6.45, 7) is 0. The Kier molecular flexibility index (Phi) is 2.33. The van der Waals surface area contributed by atoms with E-state index in [9.17, 15) is 0 Å². The van der Waals surface area contributed by atoms with Crippen molar-refractivity contribution >= 4 is 23.3 Å². The standard InChI is InChI=1S/C15H15N3S/c16-8-10-2-4-12-14(7-10)18(15(19)17-12)13-6-9-1-3-11(13)5-9/h2,4,7,9,11,13H,1,3,5-6H2,(H,17,19). The Labute approximate surface area is 116 Å². The maximum Gasteiger partial charge on any atom is 0.178 e. The van der Waals surface area contributed by atoms with Crippen LogP contribution in [0.4, 0.5) is 0 Å². The lowest BCUT2D eigenvalue weighted by atomic mass is 9.95. The molecule has 1 aromatic heterocycles. The Morgan fingerprint density at radius 2 is 2.21 bits per heavy atom. The number of benzene rings is 1. The average molecular weight is 269 g/mol. The third kappa shape index (κ3) is 1.58. The van der Waals surface area contributed by atoms with Gasteiger partial charge < -0.3 is 9.55 Å². The molecule has 0 radical (unpaired) electrons. The Morgan fingerprint density at radius 3 is 2.89 bits per heavy atom. The van der Waals surface area contributed by atoms with E-state index in [0.29, 0.717) is 11.6 Å². The molecule has 2 saturated carbocycles. The fraction of sp³-hybridized carbons (Fsp3) is 0.467. The molecule has 3 unspecified atom stereocenters. The van der Waals surface area contributed by atoms with E-state index in [0.717, 1.165) is 27.6 Å². The highest BCUT2D eigenvalue weighted by molar-refractivity contribution is 7.71. The molecule has 96 valence electrons. The van der Waals surface area contributed by atoms with Crippen molar-refractivity contribution in [3.63, 3.8) is 0 Å². The Hall–Kier alpha value is -1.60. The summed E-state index contributed by atoms with van der Waals surface area (Å²) in [5, 5.41) is 9.07. The molecule has 2 aliphatic carbocycles. The van der Waals surface area contributed by atoms with E-state index in [1.165, 1.54) is 25.7 Å². The zero-order chi connectivity index (χ0) is 13.0. The number of nitrogens with zero attached hydrogens (tertiary/aromatic N) is 2. The molecule has 0 saturated heterocycles. The van der Waals surface area contributed by atoms with Crippen LogP contribution in [-0.4, -0.2) is 9.55 Å². The van der Waals surface area contributed by atoms with E-state index in [-0.39, 0.29) is 0 Å². The molecule has 0 amide bonds. The summed E-state index contributed by atoms with van der Waals surface area (Å²) in [5.41, 5.74) is 2.85. The number of nitrogens with one attached hydrogen (secondary N) is 1. The smallest absolute Gasteiger partial charge is 0.178 e. The number of rotatable bonds is 1. The van der Waals surface area contributed by atoms with Crippen LogP contribution in [0, 0.1) is 27.9 Å². The lowest BCUT2D eigenvalue weighted by Gasteiger charge is -2.23. The maximum absolute atomic E-state index is 9.07. The number of H-pyrrole nitrogens is 1. The molecule has 0 aliphatic heterocycles. The SMILES string of the molecule is N#Cc1ccc2[nH]c(=S)n(C3CC4CCC3C4)c2c1. The van der Waals surface area contributed by atoms with E-state index in [1.807, 2.05) is 18.2 Å². The molecule has 0 spiro atoms. The molecule has 3 nitrogen and oxygen atoms in total. The van der Waals surface area contributed by atoms with Crippen molar-refractivity contribution < 1.29 is 0 Å². The van der Waals surface area contributed by atoms with Crippen molar-refractivity contribution in [2.75, 3.05) is 0 Å². The zero-order valence-corrected chi connectivity index (χ0v) is 11.4. The number of hydrogen-bond acceptors (Lipinski definition) is 2. The normalized spacial score (nSPS) is 28.9. The van der Waals surface area contributed by atoms with Crippen LogP contribution < -0.4 is 0 Å². The first-order valence-corrected chi connectivity index (χ1v) is 7.31. The molecular formula is C15H15N3S. The van der Waals surface area contributed by atoms with Gasteiger partial charge in [0, 0.05) is 6.04 Å². The number of aromatic nitrogens is 2. The van der Waals surface area contributed by atoms with Crippen molar-refractivity contribution in [2.45, 2.75) is 31.7 Å². The molecule has 1 aromatic carbocycles. The number of nitriles is 1. The van der Waals surface area contributed by atoms with Crippen molar-refractivity contribution in [3.8, 4) is 6.07 Å². The van der Waals surface area contributed by atoms with Crippen LogP contribution in [0.3, 0.4) is 0 Å². The number of hydrogen-bond donors (Lipinski definition) is 1. The second-order valence-corrected chi connectivity index (χ2v) is 6.27. The van der Waals surface area contributed by atoms with E-state index in [2.05, 4.69) is 15.6 Å². The molecule has 3 atom stereocenters. The minimum Gasteiger partial charge on any atom is -0.331 e. The van der Waals surface area contributed by atoms with E-state index in [1.54, 1.807) is 0 Å². The molecule has 2 bridgehead atoms. The lowest BCUT2D eigenvalue weighted by Crippen LogP contribution is -2.16. The second-order valence-electron chi connectivity index (χ2n) is 5.89. The highest BCUT2D eigenvalue weighted by atomic mass is 32.1. The average Bonchev–Trinajstić information content (AvgIpc) is 3.09. The van der Waals surface area contributed by atoms with Gasteiger partial charge in [-0.15, -0.1) is 0 Å². The third-order valence-corrected chi connectivity index (χ3v) is 5.18.